The number of amides is 2. The van der Waals surface area contributed by atoms with Crippen molar-refractivity contribution in [2.45, 2.75) is 76.4 Å². The van der Waals surface area contributed by atoms with Gasteiger partial charge in [-0.2, -0.15) is 5.10 Å². The lowest BCUT2D eigenvalue weighted by atomic mass is 9.85. The highest BCUT2D eigenvalue weighted by Crippen LogP contribution is 2.35. The van der Waals surface area contributed by atoms with E-state index in [9.17, 15) is 9.59 Å². The zero-order valence-electron chi connectivity index (χ0n) is 27.6. The number of nitrogens with one attached hydrogen (secondary N) is 4. The Hall–Kier alpha value is -5.19. The van der Waals surface area contributed by atoms with Gasteiger partial charge in [-0.3, -0.25) is 19.0 Å². The maximum absolute atomic E-state index is 12.0. The summed E-state index contributed by atoms with van der Waals surface area (Å²) in [7, 11) is 1.90. The third-order valence-electron chi connectivity index (χ3n) is 9.37. The summed E-state index contributed by atoms with van der Waals surface area (Å²) in [5.74, 6) is -0.00494. The molecule has 0 aliphatic heterocycles. The van der Waals surface area contributed by atoms with Crippen LogP contribution in [0.2, 0.25) is 0 Å². The van der Waals surface area contributed by atoms with Gasteiger partial charge in [0.05, 0.1) is 11.9 Å². The number of carbonyl (C=O) groups is 2. The van der Waals surface area contributed by atoms with Crippen LogP contribution in [0.25, 0.3) is 22.5 Å². The van der Waals surface area contributed by atoms with Crippen LogP contribution in [0.5, 0.6) is 0 Å². The Kier molecular flexibility index (Phi) is 10.3. The van der Waals surface area contributed by atoms with Gasteiger partial charge in [0, 0.05) is 65.7 Å². The number of anilines is 4. The minimum absolute atomic E-state index is 0.246. The van der Waals surface area contributed by atoms with Crippen LogP contribution in [0.4, 0.5) is 22.7 Å². The van der Waals surface area contributed by atoms with Gasteiger partial charge in [0.15, 0.2) is 0 Å². The van der Waals surface area contributed by atoms with E-state index in [4.69, 9.17) is 0 Å². The van der Waals surface area contributed by atoms with Crippen LogP contribution >= 0.6 is 0 Å². The number of nitrogens with zero attached hydrogens (tertiary/aromatic N) is 5. The second kappa shape index (κ2) is 15.1. The summed E-state index contributed by atoms with van der Waals surface area (Å²) in [5.41, 5.74) is 6.92. The third-order valence-corrected chi connectivity index (χ3v) is 9.37. The molecule has 4 aromatic rings. The number of aromatic nitrogens is 5. The van der Waals surface area contributed by atoms with Gasteiger partial charge < -0.3 is 21.3 Å². The highest BCUT2D eigenvalue weighted by Gasteiger charge is 2.24. The molecule has 2 aromatic heterocycles. The summed E-state index contributed by atoms with van der Waals surface area (Å²) in [6.07, 6.45) is 16.8. The normalized spacial score (nSPS) is 18.1. The van der Waals surface area contributed by atoms with Crippen LogP contribution < -0.4 is 21.3 Å². The van der Waals surface area contributed by atoms with Crippen LogP contribution in [-0.4, -0.2) is 48.7 Å². The first-order chi connectivity index (χ1) is 23.4. The number of hydrogen-bond acceptors (Lipinski definition) is 7. The van der Waals surface area contributed by atoms with Gasteiger partial charge in [-0.1, -0.05) is 37.6 Å². The minimum Gasteiger partial charge on any atom is -0.382 e. The molecule has 2 heterocycles. The van der Waals surface area contributed by atoms with Crippen molar-refractivity contribution in [3.63, 3.8) is 0 Å². The molecule has 11 nitrogen and oxygen atoms in total. The molecule has 0 unspecified atom stereocenters. The Balaban J connectivity index is 1.11. The maximum Gasteiger partial charge on any atom is 0.247 e. The zero-order chi connectivity index (χ0) is 33.5. The molecule has 2 aliphatic carbocycles. The van der Waals surface area contributed by atoms with E-state index in [1.807, 2.05) is 66.6 Å². The van der Waals surface area contributed by atoms with Crippen molar-refractivity contribution in [3.05, 3.63) is 80.2 Å². The predicted octanol–water partition coefficient (Wildman–Crippen LogP) is 7.01. The summed E-state index contributed by atoms with van der Waals surface area (Å²) < 4.78 is 3.74. The van der Waals surface area contributed by atoms with Crippen molar-refractivity contribution in [2.75, 3.05) is 21.3 Å². The van der Waals surface area contributed by atoms with E-state index in [0.29, 0.717) is 29.4 Å². The monoisotopic (exact) mass is 647 g/mol. The topological polar surface area (TPSA) is 131 Å². The Morgan fingerprint density at radius 3 is 1.94 bits per heavy atom. The molecule has 48 heavy (non-hydrogen) atoms. The summed E-state index contributed by atoms with van der Waals surface area (Å²) in [4.78, 5) is 23.9. The lowest BCUT2D eigenvalue weighted by Crippen LogP contribution is -2.28. The maximum atomic E-state index is 12.0. The molecular weight excluding hydrogens is 602 g/mol. The molecule has 2 amide bonds. The van der Waals surface area contributed by atoms with Gasteiger partial charge in [0.2, 0.25) is 11.8 Å². The summed E-state index contributed by atoms with van der Waals surface area (Å²) >= 11 is 0. The van der Waals surface area contributed by atoms with Crippen molar-refractivity contribution in [1.29, 1.82) is 0 Å². The molecule has 11 heteroatoms. The van der Waals surface area contributed by atoms with Gasteiger partial charge >= 0.3 is 0 Å². The first kappa shape index (κ1) is 32.7. The summed E-state index contributed by atoms with van der Waals surface area (Å²) in [5, 5.41) is 27.0. The first-order valence-corrected chi connectivity index (χ1v) is 17.0. The van der Waals surface area contributed by atoms with Gasteiger partial charge in [0.1, 0.15) is 5.69 Å². The molecule has 0 bridgehead atoms. The second-order valence-electron chi connectivity index (χ2n) is 12.9. The van der Waals surface area contributed by atoms with Crippen molar-refractivity contribution in [2.24, 2.45) is 13.0 Å². The molecule has 2 aromatic carbocycles. The SMILES string of the molecule is C=CC(=O)Nc1ccc(NC2CCCCC2)c(-c2cn(CC3CCC(Nc4ccc(NC(=O)C=C)cc4-c4ccn(C)n4)CC3)nn2)c1. The number of aryl methyl sites for hydroxylation is 1. The van der Waals surface area contributed by atoms with E-state index in [1.165, 1.54) is 31.4 Å². The molecule has 2 saturated carbocycles. The van der Waals surface area contributed by atoms with E-state index >= 15 is 0 Å². The molecular formula is C37H45N9O2. The fraction of sp³-hybridized carbons (Fsp3) is 0.378. The van der Waals surface area contributed by atoms with Crippen LogP contribution in [0, 0.1) is 5.92 Å². The highest BCUT2D eigenvalue weighted by atomic mass is 16.2. The van der Waals surface area contributed by atoms with Crippen LogP contribution in [0.3, 0.4) is 0 Å². The summed E-state index contributed by atoms with van der Waals surface area (Å²) in [6, 6.07) is 14.5. The van der Waals surface area contributed by atoms with Crippen LogP contribution in [0.15, 0.2) is 80.2 Å². The molecule has 0 radical (unpaired) electrons. The largest absolute Gasteiger partial charge is 0.382 e. The van der Waals surface area contributed by atoms with Gasteiger partial charge in [-0.25, -0.2) is 0 Å². The molecule has 0 atom stereocenters. The third kappa shape index (κ3) is 8.20. The quantitative estimate of drug-likeness (QED) is 0.122. The first-order valence-electron chi connectivity index (χ1n) is 17.0. The lowest BCUT2D eigenvalue weighted by Gasteiger charge is -2.30. The second-order valence-corrected chi connectivity index (χ2v) is 12.9. The Bertz CT molecular complexity index is 1760. The molecule has 250 valence electrons. The fourth-order valence-electron chi connectivity index (χ4n) is 6.82. The van der Waals surface area contributed by atoms with Gasteiger partial charge in [0.25, 0.3) is 0 Å². The summed E-state index contributed by atoms with van der Waals surface area (Å²) in [6.45, 7) is 7.93. The van der Waals surface area contributed by atoms with E-state index in [2.05, 4.69) is 49.8 Å². The number of benzene rings is 2. The average molecular weight is 648 g/mol. The molecule has 0 spiro atoms. The minimum atomic E-state index is -0.248. The standard InChI is InChI=1S/C37H45N9O2/c1-4-36(47)40-28-15-17-32(30(21-28)34-19-20-45(3)43-34)39-27-13-11-25(12-14-27)23-46-24-35(42-44-46)31-22-29(41-37(48)5-2)16-18-33(31)38-26-9-7-6-8-10-26/h4-5,15-22,24-27,38-39H,1-2,6-14,23H2,3H3,(H,40,47)(H,41,48). The smallest absolute Gasteiger partial charge is 0.247 e. The van der Waals surface area contributed by atoms with Gasteiger partial charge in [-0.15, -0.1) is 5.10 Å². The van der Waals surface area contributed by atoms with Gasteiger partial charge in [-0.05, 0) is 99.1 Å². The lowest BCUT2D eigenvalue weighted by molar-refractivity contribution is -0.112. The molecule has 0 saturated heterocycles. The van der Waals surface area contributed by atoms with Crippen molar-refractivity contribution in [3.8, 4) is 22.5 Å². The van der Waals surface area contributed by atoms with Crippen molar-refractivity contribution in [1.82, 2.24) is 24.8 Å². The van der Waals surface area contributed by atoms with E-state index in [0.717, 1.165) is 79.0 Å². The number of rotatable bonds is 12. The molecule has 6 rings (SSSR count). The van der Waals surface area contributed by atoms with Crippen molar-refractivity contribution >= 4 is 34.6 Å². The van der Waals surface area contributed by atoms with E-state index in [1.54, 1.807) is 4.68 Å². The zero-order valence-corrected chi connectivity index (χ0v) is 27.6. The van der Waals surface area contributed by atoms with Crippen LogP contribution in [0.1, 0.15) is 57.8 Å². The van der Waals surface area contributed by atoms with Crippen LogP contribution in [-0.2, 0) is 23.2 Å². The molecule has 4 N–H and O–H groups in total. The van der Waals surface area contributed by atoms with E-state index < -0.39 is 0 Å². The highest BCUT2D eigenvalue weighted by molar-refractivity contribution is 6.00. The average Bonchev–Trinajstić information content (AvgIpc) is 3.76. The Morgan fingerprint density at radius 1 is 0.792 bits per heavy atom. The molecule has 2 fully saturated rings. The predicted molar refractivity (Wildman–Crippen MR) is 192 cm³/mol. The number of hydrogen-bond donors (Lipinski definition) is 4. The number of carbonyl (C=O) groups excluding carboxylic acids is 2. The molecule has 2 aliphatic rings. The fourth-order valence-corrected chi connectivity index (χ4v) is 6.82. The Labute approximate surface area is 281 Å². The van der Waals surface area contributed by atoms with Crippen molar-refractivity contribution < 1.29 is 9.59 Å². The Morgan fingerprint density at radius 2 is 1.38 bits per heavy atom. The van der Waals surface area contributed by atoms with E-state index in [-0.39, 0.29) is 11.8 Å².